The van der Waals surface area contributed by atoms with E-state index in [2.05, 4.69) is 44.4 Å². The van der Waals surface area contributed by atoms with Gasteiger partial charge in [-0.05, 0) is 59.6 Å². The van der Waals surface area contributed by atoms with Crippen molar-refractivity contribution in [1.29, 1.82) is 0 Å². The van der Waals surface area contributed by atoms with Gasteiger partial charge in [0.15, 0.2) is 0 Å². The van der Waals surface area contributed by atoms with Crippen LogP contribution in [0.3, 0.4) is 0 Å². The molecule has 0 aromatic carbocycles. The van der Waals surface area contributed by atoms with E-state index in [1.54, 1.807) is 0 Å². The third-order valence-electron chi connectivity index (χ3n) is 3.43. The summed E-state index contributed by atoms with van der Waals surface area (Å²) in [6, 6.07) is 2.58. The van der Waals surface area contributed by atoms with Crippen LogP contribution >= 0.6 is 11.3 Å². The van der Waals surface area contributed by atoms with Gasteiger partial charge in [-0.1, -0.05) is 6.92 Å². The third kappa shape index (κ3) is 6.36. The molecule has 2 unspecified atom stereocenters. The quantitative estimate of drug-likeness (QED) is 0.818. The Labute approximate surface area is 138 Å². The van der Waals surface area contributed by atoms with E-state index in [0.29, 0.717) is 0 Å². The van der Waals surface area contributed by atoms with Crippen LogP contribution in [0.4, 0.5) is 4.79 Å². The lowest BCUT2D eigenvalue weighted by molar-refractivity contribution is 0.0502. The highest BCUT2D eigenvalue weighted by Crippen LogP contribution is 2.26. The molecule has 1 amide bonds. The standard InChI is InChI=1S/C17H30N2O2S/c1-8-14(19-16(20)21-17(5,6)7)10-18-12(3)15-9-11(2)22-13(15)4/h9,12,14,18H,8,10H2,1-7H3,(H,19,20). The Bertz CT molecular complexity index is 491. The Hall–Kier alpha value is -1.07. The topological polar surface area (TPSA) is 50.4 Å². The zero-order valence-electron chi connectivity index (χ0n) is 14.9. The summed E-state index contributed by atoms with van der Waals surface area (Å²) in [4.78, 5) is 14.5. The number of aryl methyl sites for hydroxylation is 2. The number of carbonyl (C=O) groups excluding carboxylic acids is 1. The van der Waals surface area contributed by atoms with Gasteiger partial charge >= 0.3 is 6.09 Å². The molecular formula is C17H30N2O2S. The van der Waals surface area contributed by atoms with Crippen molar-refractivity contribution >= 4 is 17.4 Å². The average Bonchev–Trinajstić information content (AvgIpc) is 2.71. The van der Waals surface area contributed by atoms with Gasteiger partial charge in [0.25, 0.3) is 0 Å². The first kappa shape index (κ1) is 19.0. The first-order chi connectivity index (χ1) is 10.1. The number of hydrogen-bond donors (Lipinski definition) is 2. The van der Waals surface area contributed by atoms with Crippen molar-refractivity contribution < 1.29 is 9.53 Å². The molecule has 0 bridgehead atoms. The molecule has 0 spiro atoms. The van der Waals surface area contributed by atoms with Crippen molar-refractivity contribution in [3.63, 3.8) is 0 Å². The van der Waals surface area contributed by atoms with Gasteiger partial charge in [0.05, 0.1) is 0 Å². The fourth-order valence-corrected chi connectivity index (χ4v) is 3.30. The summed E-state index contributed by atoms with van der Waals surface area (Å²) >= 11 is 1.82. The number of alkyl carbamates (subject to hydrolysis) is 1. The summed E-state index contributed by atoms with van der Waals surface area (Å²) in [5.74, 6) is 0. The molecule has 0 saturated carbocycles. The molecule has 5 heteroatoms. The van der Waals surface area contributed by atoms with Crippen molar-refractivity contribution in [2.24, 2.45) is 0 Å². The summed E-state index contributed by atoms with van der Waals surface area (Å²) in [5, 5.41) is 6.44. The molecule has 0 fully saturated rings. The van der Waals surface area contributed by atoms with Gasteiger partial charge < -0.3 is 15.4 Å². The predicted molar refractivity (Wildman–Crippen MR) is 93.7 cm³/mol. The maximum absolute atomic E-state index is 11.8. The van der Waals surface area contributed by atoms with Crippen molar-refractivity contribution in [2.45, 2.75) is 72.6 Å². The minimum Gasteiger partial charge on any atom is -0.444 e. The molecule has 126 valence electrons. The monoisotopic (exact) mass is 326 g/mol. The molecule has 0 radical (unpaired) electrons. The van der Waals surface area contributed by atoms with Gasteiger partial charge in [0, 0.05) is 28.4 Å². The molecule has 22 heavy (non-hydrogen) atoms. The van der Waals surface area contributed by atoms with E-state index >= 15 is 0 Å². The molecule has 0 aliphatic heterocycles. The van der Waals surface area contributed by atoms with Crippen LogP contribution in [0.1, 0.15) is 62.4 Å². The van der Waals surface area contributed by atoms with Gasteiger partial charge in [-0.2, -0.15) is 0 Å². The highest BCUT2D eigenvalue weighted by Gasteiger charge is 2.19. The lowest BCUT2D eigenvalue weighted by Gasteiger charge is -2.24. The number of thiophene rings is 1. The van der Waals surface area contributed by atoms with Crippen LogP contribution in [-0.4, -0.2) is 24.3 Å². The number of ether oxygens (including phenoxy) is 1. The Morgan fingerprint density at radius 3 is 2.45 bits per heavy atom. The van der Waals surface area contributed by atoms with Crippen LogP contribution in [0.25, 0.3) is 0 Å². The number of rotatable bonds is 6. The van der Waals surface area contributed by atoms with Crippen LogP contribution in [0.5, 0.6) is 0 Å². The Morgan fingerprint density at radius 1 is 1.36 bits per heavy atom. The second kappa shape index (κ2) is 7.97. The Balaban J connectivity index is 2.50. The summed E-state index contributed by atoms with van der Waals surface area (Å²) in [6.07, 6.45) is 0.511. The first-order valence-electron chi connectivity index (χ1n) is 7.92. The molecular weight excluding hydrogens is 296 g/mol. The molecule has 0 saturated heterocycles. The average molecular weight is 327 g/mol. The smallest absolute Gasteiger partial charge is 0.407 e. The summed E-state index contributed by atoms with van der Waals surface area (Å²) in [6.45, 7) is 14.9. The molecule has 1 heterocycles. The van der Waals surface area contributed by atoms with Crippen LogP contribution in [0, 0.1) is 13.8 Å². The van der Waals surface area contributed by atoms with E-state index in [1.807, 2.05) is 32.1 Å². The number of nitrogens with one attached hydrogen (secondary N) is 2. The van der Waals surface area contributed by atoms with Gasteiger partial charge in [-0.25, -0.2) is 4.79 Å². The van der Waals surface area contributed by atoms with Crippen molar-refractivity contribution in [2.75, 3.05) is 6.54 Å². The zero-order chi connectivity index (χ0) is 16.9. The zero-order valence-corrected chi connectivity index (χ0v) is 15.7. The third-order valence-corrected chi connectivity index (χ3v) is 4.41. The molecule has 0 aliphatic carbocycles. The molecule has 1 aromatic rings. The maximum atomic E-state index is 11.8. The Morgan fingerprint density at radius 2 is 2.00 bits per heavy atom. The maximum Gasteiger partial charge on any atom is 0.407 e. The summed E-state index contributed by atoms with van der Waals surface area (Å²) in [7, 11) is 0. The van der Waals surface area contributed by atoms with E-state index in [4.69, 9.17) is 4.74 Å². The van der Waals surface area contributed by atoms with Crippen LogP contribution in [0.2, 0.25) is 0 Å². The van der Waals surface area contributed by atoms with Gasteiger partial charge in [0.1, 0.15) is 5.60 Å². The fourth-order valence-electron chi connectivity index (χ4n) is 2.28. The van der Waals surface area contributed by atoms with Gasteiger partial charge in [-0.3, -0.25) is 0 Å². The highest BCUT2D eigenvalue weighted by atomic mass is 32.1. The normalized spacial score (nSPS) is 14.5. The minimum absolute atomic E-state index is 0.0670. The highest BCUT2D eigenvalue weighted by molar-refractivity contribution is 7.12. The van der Waals surface area contributed by atoms with E-state index in [9.17, 15) is 4.79 Å². The molecule has 4 nitrogen and oxygen atoms in total. The van der Waals surface area contributed by atoms with E-state index < -0.39 is 5.60 Å². The van der Waals surface area contributed by atoms with Crippen LogP contribution in [-0.2, 0) is 4.74 Å². The fraction of sp³-hybridized carbons (Fsp3) is 0.706. The molecule has 2 atom stereocenters. The first-order valence-corrected chi connectivity index (χ1v) is 8.74. The lowest BCUT2D eigenvalue weighted by Crippen LogP contribution is -2.44. The molecule has 2 N–H and O–H groups in total. The molecule has 0 aliphatic rings. The van der Waals surface area contributed by atoms with E-state index in [0.717, 1.165) is 13.0 Å². The predicted octanol–water partition coefficient (Wildman–Crippen LogP) is 4.32. The van der Waals surface area contributed by atoms with Gasteiger partial charge in [-0.15, -0.1) is 11.3 Å². The number of hydrogen-bond acceptors (Lipinski definition) is 4. The van der Waals surface area contributed by atoms with Crippen molar-refractivity contribution in [1.82, 2.24) is 10.6 Å². The van der Waals surface area contributed by atoms with Gasteiger partial charge in [0.2, 0.25) is 0 Å². The SMILES string of the molecule is CCC(CNC(C)c1cc(C)sc1C)NC(=O)OC(C)(C)C. The number of amides is 1. The molecule has 1 aromatic heterocycles. The Kier molecular flexibility index (Phi) is 6.88. The van der Waals surface area contributed by atoms with Crippen LogP contribution in [0.15, 0.2) is 6.07 Å². The largest absolute Gasteiger partial charge is 0.444 e. The summed E-state index contributed by atoms with van der Waals surface area (Å²) in [5.41, 5.74) is 0.878. The van der Waals surface area contributed by atoms with E-state index in [1.165, 1.54) is 15.3 Å². The van der Waals surface area contributed by atoms with Crippen LogP contribution < -0.4 is 10.6 Å². The minimum atomic E-state index is -0.464. The van der Waals surface area contributed by atoms with Crippen molar-refractivity contribution in [3.8, 4) is 0 Å². The second-order valence-corrected chi connectivity index (χ2v) is 8.21. The van der Waals surface area contributed by atoms with E-state index in [-0.39, 0.29) is 18.2 Å². The van der Waals surface area contributed by atoms with Crippen molar-refractivity contribution in [3.05, 3.63) is 21.4 Å². The summed E-state index contributed by atoms with van der Waals surface area (Å²) < 4.78 is 5.31. The lowest BCUT2D eigenvalue weighted by atomic mass is 10.1. The molecule has 1 rings (SSSR count). The second-order valence-electron chi connectivity index (χ2n) is 6.75. The number of carbonyl (C=O) groups is 1.